The standard InChI is InChI=1S/C26H28BrN7/c1-26(2)5-7-32(8-6-26)13-18-3-4-25-29-21(15-33(25)14-18)16-34-17-24(30-31-34)22-10-20(27)9-19-11-28-12-23(19)22/h3-4,9-10,12,14-15,17H,5-8,11,13,16H2,1-2H3. The Morgan fingerprint density at radius 2 is 1.88 bits per heavy atom. The summed E-state index contributed by atoms with van der Waals surface area (Å²) in [5.74, 6) is 0. The summed E-state index contributed by atoms with van der Waals surface area (Å²) in [6.45, 7) is 9.38. The van der Waals surface area contributed by atoms with E-state index >= 15 is 0 Å². The second kappa shape index (κ2) is 8.43. The van der Waals surface area contributed by atoms with Crippen LogP contribution >= 0.6 is 15.9 Å². The molecule has 0 radical (unpaired) electrons. The highest BCUT2D eigenvalue weighted by atomic mass is 79.9. The van der Waals surface area contributed by atoms with E-state index in [9.17, 15) is 0 Å². The first-order valence-corrected chi connectivity index (χ1v) is 12.6. The molecule has 1 saturated heterocycles. The molecule has 4 aromatic rings. The summed E-state index contributed by atoms with van der Waals surface area (Å²) < 4.78 is 5.02. The Kier molecular flexibility index (Phi) is 5.37. The van der Waals surface area contributed by atoms with Gasteiger partial charge in [0, 0.05) is 40.8 Å². The van der Waals surface area contributed by atoms with Gasteiger partial charge in [-0.1, -0.05) is 41.1 Å². The summed E-state index contributed by atoms with van der Waals surface area (Å²) in [5.41, 5.74) is 7.97. The van der Waals surface area contributed by atoms with Gasteiger partial charge in [-0.2, -0.15) is 0 Å². The van der Waals surface area contributed by atoms with E-state index in [0.29, 0.717) is 12.0 Å². The van der Waals surface area contributed by atoms with Crippen molar-refractivity contribution in [3.8, 4) is 11.3 Å². The Balaban J connectivity index is 1.18. The van der Waals surface area contributed by atoms with Gasteiger partial charge in [-0.15, -0.1) is 5.10 Å². The van der Waals surface area contributed by atoms with Crippen molar-refractivity contribution < 1.29 is 0 Å². The Morgan fingerprint density at radius 3 is 2.74 bits per heavy atom. The number of aliphatic imine (C=N–C) groups is 1. The summed E-state index contributed by atoms with van der Waals surface area (Å²) in [6, 6.07) is 8.52. The SMILES string of the molecule is CC1(C)CCN(Cc2ccc3nc(Cn4cc(-c5cc(Br)cc6c5C=NC6)nn4)cn3c2)CC1. The molecule has 1 aromatic carbocycles. The molecule has 2 aliphatic heterocycles. The van der Waals surface area contributed by atoms with E-state index < -0.39 is 0 Å². The zero-order chi connectivity index (χ0) is 23.3. The van der Waals surface area contributed by atoms with Crippen LogP contribution in [-0.2, 0) is 19.6 Å². The molecule has 8 heteroatoms. The molecule has 0 unspecified atom stereocenters. The molecule has 5 heterocycles. The number of likely N-dealkylation sites (tertiary alicyclic amines) is 1. The predicted octanol–water partition coefficient (Wildman–Crippen LogP) is 4.96. The number of nitrogens with zero attached hydrogens (tertiary/aromatic N) is 7. The number of fused-ring (bicyclic) bond motifs is 2. The quantitative estimate of drug-likeness (QED) is 0.375. The van der Waals surface area contributed by atoms with Gasteiger partial charge in [-0.25, -0.2) is 9.67 Å². The third kappa shape index (κ3) is 4.32. The first-order valence-electron chi connectivity index (χ1n) is 11.8. The number of piperidine rings is 1. The van der Waals surface area contributed by atoms with Crippen LogP contribution in [0.15, 0.2) is 52.3 Å². The van der Waals surface area contributed by atoms with Gasteiger partial charge in [0.2, 0.25) is 0 Å². The van der Waals surface area contributed by atoms with E-state index in [1.807, 2.05) is 17.1 Å². The van der Waals surface area contributed by atoms with Crippen molar-refractivity contribution in [2.75, 3.05) is 13.1 Å². The number of rotatable bonds is 5. The van der Waals surface area contributed by atoms with Crippen LogP contribution in [-0.4, -0.2) is 48.6 Å². The van der Waals surface area contributed by atoms with Crippen LogP contribution in [0.25, 0.3) is 16.9 Å². The Morgan fingerprint density at radius 1 is 1.03 bits per heavy atom. The van der Waals surface area contributed by atoms with Gasteiger partial charge < -0.3 is 4.40 Å². The minimum atomic E-state index is 0.478. The lowest BCUT2D eigenvalue weighted by atomic mass is 9.82. The lowest BCUT2D eigenvalue weighted by molar-refractivity contribution is 0.127. The van der Waals surface area contributed by atoms with Crippen molar-refractivity contribution >= 4 is 27.8 Å². The van der Waals surface area contributed by atoms with Crippen LogP contribution in [0.5, 0.6) is 0 Å². The van der Waals surface area contributed by atoms with Crippen molar-refractivity contribution in [1.29, 1.82) is 0 Å². The van der Waals surface area contributed by atoms with E-state index in [2.05, 4.69) is 91.0 Å². The molecular weight excluding hydrogens is 490 g/mol. The van der Waals surface area contributed by atoms with Crippen LogP contribution in [0.4, 0.5) is 0 Å². The number of pyridine rings is 1. The summed E-state index contributed by atoms with van der Waals surface area (Å²) in [5, 5.41) is 8.81. The maximum absolute atomic E-state index is 4.80. The minimum Gasteiger partial charge on any atom is -0.306 e. The lowest BCUT2D eigenvalue weighted by Gasteiger charge is -2.36. The molecule has 3 aromatic heterocycles. The molecule has 2 aliphatic rings. The van der Waals surface area contributed by atoms with Crippen LogP contribution in [0, 0.1) is 5.41 Å². The fraction of sp³-hybridized carbons (Fsp3) is 0.385. The minimum absolute atomic E-state index is 0.478. The Bertz CT molecular complexity index is 1390. The molecule has 7 nitrogen and oxygen atoms in total. The van der Waals surface area contributed by atoms with Gasteiger partial charge in [0.05, 0.1) is 25.0 Å². The number of aromatic nitrogens is 5. The van der Waals surface area contributed by atoms with Gasteiger partial charge in [-0.3, -0.25) is 9.89 Å². The smallest absolute Gasteiger partial charge is 0.137 e. The molecule has 34 heavy (non-hydrogen) atoms. The fourth-order valence-corrected chi connectivity index (χ4v) is 5.41. The fourth-order valence-electron chi connectivity index (χ4n) is 4.90. The number of benzene rings is 1. The molecule has 0 saturated carbocycles. The molecule has 174 valence electrons. The Hall–Kier alpha value is -2.84. The molecule has 0 N–H and O–H groups in total. The zero-order valence-corrected chi connectivity index (χ0v) is 21.2. The van der Waals surface area contributed by atoms with E-state index in [-0.39, 0.29) is 0 Å². The molecule has 0 atom stereocenters. The van der Waals surface area contributed by atoms with Gasteiger partial charge in [0.25, 0.3) is 0 Å². The maximum atomic E-state index is 4.80. The highest BCUT2D eigenvalue weighted by molar-refractivity contribution is 9.10. The summed E-state index contributed by atoms with van der Waals surface area (Å²) in [7, 11) is 0. The molecule has 0 amide bonds. The summed E-state index contributed by atoms with van der Waals surface area (Å²) >= 11 is 3.61. The third-order valence-corrected chi connectivity index (χ3v) is 7.49. The normalized spacial score (nSPS) is 17.5. The first-order chi connectivity index (χ1) is 16.4. The van der Waals surface area contributed by atoms with Crippen molar-refractivity contribution in [1.82, 2.24) is 29.3 Å². The van der Waals surface area contributed by atoms with E-state index in [4.69, 9.17) is 4.98 Å². The zero-order valence-electron chi connectivity index (χ0n) is 19.6. The number of hydrogen-bond acceptors (Lipinski definition) is 5. The highest BCUT2D eigenvalue weighted by Crippen LogP contribution is 2.31. The largest absolute Gasteiger partial charge is 0.306 e. The van der Waals surface area contributed by atoms with Crippen LogP contribution in [0.1, 0.15) is 49.1 Å². The maximum Gasteiger partial charge on any atom is 0.137 e. The number of halogens is 1. The molecular formula is C26H28BrN7. The molecule has 1 fully saturated rings. The second-order valence-electron chi connectivity index (χ2n) is 10.3. The van der Waals surface area contributed by atoms with Gasteiger partial charge in [-0.05, 0) is 60.7 Å². The van der Waals surface area contributed by atoms with E-state index in [1.165, 1.54) is 37.1 Å². The predicted molar refractivity (Wildman–Crippen MR) is 137 cm³/mol. The molecule has 0 spiro atoms. The average Bonchev–Trinajstić information content (AvgIpc) is 3.54. The van der Waals surface area contributed by atoms with Gasteiger partial charge in [0.1, 0.15) is 11.3 Å². The third-order valence-electron chi connectivity index (χ3n) is 7.03. The van der Waals surface area contributed by atoms with Crippen molar-refractivity contribution in [3.05, 3.63) is 69.7 Å². The number of imidazole rings is 1. The van der Waals surface area contributed by atoms with Crippen LogP contribution < -0.4 is 0 Å². The first kappa shape index (κ1) is 21.7. The van der Waals surface area contributed by atoms with Crippen LogP contribution in [0.3, 0.4) is 0 Å². The topological polar surface area (TPSA) is 63.6 Å². The molecule has 0 bridgehead atoms. The van der Waals surface area contributed by atoms with E-state index in [0.717, 1.165) is 45.7 Å². The summed E-state index contributed by atoms with van der Waals surface area (Å²) in [6.07, 6.45) is 10.8. The second-order valence-corrected chi connectivity index (χ2v) is 11.2. The number of hydrogen-bond donors (Lipinski definition) is 0. The van der Waals surface area contributed by atoms with Crippen molar-refractivity contribution in [3.63, 3.8) is 0 Å². The van der Waals surface area contributed by atoms with Crippen molar-refractivity contribution in [2.24, 2.45) is 10.4 Å². The van der Waals surface area contributed by atoms with Crippen LogP contribution in [0.2, 0.25) is 0 Å². The highest BCUT2D eigenvalue weighted by Gasteiger charge is 2.25. The monoisotopic (exact) mass is 517 g/mol. The average molecular weight is 518 g/mol. The Labute approximate surface area is 207 Å². The summed E-state index contributed by atoms with van der Waals surface area (Å²) in [4.78, 5) is 11.8. The molecule has 0 aliphatic carbocycles. The van der Waals surface area contributed by atoms with Crippen molar-refractivity contribution in [2.45, 2.75) is 46.3 Å². The lowest BCUT2D eigenvalue weighted by Crippen LogP contribution is -2.36. The van der Waals surface area contributed by atoms with E-state index in [1.54, 1.807) is 0 Å². The van der Waals surface area contributed by atoms with Gasteiger partial charge in [0.15, 0.2) is 0 Å². The van der Waals surface area contributed by atoms with Gasteiger partial charge >= 0.3 is 0 Å². The molecule has 6 rings (SSSR count).